The van der Waals surface area contributed by atoms with E-state index in [1.165, 1.54) is 64.2 Å². The topological polar surface area (TPSA) is 18.5 Å². The van der Waals surface area contributed by atoms with Gasteiger partial charge in [0.05, 0.1) is 22.2 Å². The summed E-state index contributed by atoms with van der Waals surface area (Å²) in [5.74, 6) is 1.60. The molecule has 0 spiro atoms. The van der Waals surface area contributed by atoms with Gasteiger partial charge in [-0.25, -0.2) is 0 Å². The van der Waals surface area contributed by atoms with Gasteiger partial charge in [-0.3, -0.25) is 0 Å². The zero-order chi connectivity index (χ0) is 27.0. The lowest BCUT2D eigenvalue weighted by molar-refractivity contribution is 0.256. The van der Waals surface area contributed by atoms with Crippen molar-refractivity contribution in [3.8, 4) is 33.8 Å². The second-order valence-corrected chi connectivity index (χ2v) is 11.6. The highest BCUT2D eigenvalue weighted by atomic mass is 79.9. The lowest BCUT2D eigenvalue weighted by Crippen LogP contribution is -2.06. The number of unbranched alkanes of at least 4 members (excludes halogenated alkanes) is 10. The summed E-state index contributed by atoms with van der Waals surface area (Å²) >= 11 is 7.96. The molecule has 0 amide bonds. The predicted molar refractivity (Wildman–Crippen MR) is 170 cm³/mol. The Morgan fingerprint density at radius 2 is 0.816 bits per heavy atom. The van der Waals surface area contributed by atoms with E-state index in [0.717, 1.165) is 55.5 Å². The minimum absolute atomic E-state index is 0.684. The van der Waals surface area contributed by atoms with E-state index in [-0.39, 0.29) is 0 Å². The van der Waals surface area contributed by atoms with Crippen molar-refractivity contribution < 1.29 is 9.47 Å². The van der Waals surface area contributed by atoms with Crippen molar-refractivity contribution in [2.45, 2.75) is 90.9 Å². The van der Waals surface area contributed by atoms with Crippen LogP contribution in [-0.4, -0.2) is 13.2 Å². The van der Waals surface area contributed by atoms with Crippen LogP contribution < -0.4 is 9.47 Å². The minimum Gasteiger partial charge on any atom is -0.488 e. The SMILES string of the molecule is CCCCCCCCOc1c(Br)c(-c2ccccc2)c(-c2ccccc2)c(Br)c1OCCCCCCCC. The molecule has 0 saturated heterocycles. The molecule has 0 N–H and O–H groups in total. The Kier molecular flexibility index (Phi) is 14.4. The van der Waals surface area contributed by atoms with Crippen molar-refractivity contribution in [1.82, 2.24) is 0 Å². The number of hydrogen-bond donors (Lipinski definition) is 0. The van der Waals surface area contributed by atoms with Crippen molar-refractivity contribution in [1.29, 1.82) is 0 Å². The summed E-state index contributed by atoms with van der Waals surface area (Å²) in [6.07, 6.45) is 14.8. The second kappa shape index (κ2) is 17.7. The highest BCUT2D eigenvalue weighted by Crippen LogP contribution is 2.53. The van der Waals surface area contributed by atoms with Gasteiger partial charge in [-0.15, -0.1) is 0 Å². The van der Waals surface area contributed by atoms with Crippen LogP contribution in [-0.2, 0) is 0 Å². The smallest absolute Gasteiger partial charge is 0.177 e. The molecule has 38 heavy (non-hydrogen) atoms. The fourth-order valence-corrected chi connectivity index (χ4v) is 6.21. The van der Waals surface area contributed by atoms with Crippen LogP contribution in [0.5, 0.6) is 11.5 Å². The van der Waals surface area contributed by atoms with Crippen molar-refractivity contribution in [2.24, 2.45) is 0 Å². The zero-order valence-corrected chi connectivity index (χ0v) is 26.4. The molecule has 3 aromatic rings. The third-order valence-electron chi connectivity index (χ3n) is 6.91. The summed E-state index contributed by atoms with van der Waals surface area (Å²) in [4.78, 5) is 0. The first kappa shape index (κ1) is 30.8. The molecule has 0 atom stereocenters. The van der Waals surface area contributed by atoms with E-state index >= 15 is 0 Å². The van der Waals surface area contributed by atoms with Gasteiger partial charge in [-0.05, 0) is 55.8 Å². The molecule has 4 heteroatoms. The predicted octanol–water partition coefficient (Wildman–Crippen LogP) is 12.0. The third-order valence-corrected chi connectivity index (χ3v) is 8.42. The van der Waals surface area contributed by atoms with Crippen molar-refractivity contribution in [3.05, 3.63) is 69.6 Å². The lowest BCUT2D eigenvalue weighted by Gasteiger charge is -2.23. The van der Waals surface area contributed by atoms with Crippen molar-refractivity contribution in [2.75, 3.05) is 13.2 Å². The average Bonchev–Trinajstić information content (AvgIpc) is 2.95. The van der Waals surface area contributed by atoms with Crippen LogP contribution in [0.15, 0.2) is 69.6 Å². The van der Waals surface area contributed by atoms with Gasteiger partial charge in [0.1, 0.15) is 0 Å². The minimum atomic E-state index is 0.684. The summed E-state index contributed by atoms with van der Waals surface area (Å²) in [7, 11) is 0. The molecule has 0 aliphatic carbocycles. The van der Waals surface area contributed by atoms with Crippen molar-refractivity contribution in [3.63, 3.8) is 0 Å². The molecule has 3 aromatic carbocycles. The molecule has 206 valence electrons. The number of hydrogen-bond acceptors (Lipinski definition) is 2. The van der Waals surface area contributed by atoms with E-state index in [2.05, 4.69) is 106 Å². The number of benzene rings is 3. The molecule has 0 unspecified atom stereocenters. The van der Waals surface area contributed by atoms with Crippen LogP contribution in [0, 0.1) is 0 Å². The van der Waals surface area contributed by atoms with E-state index in [4.69, 9.17) is 9.47 Å². The van der Waals surface area contributed by atoms with Crippen LogP contribution >= 0.6 is 31.9 Å². The Hall–Kier alpha value is -1.78. The first-order chi connectivity index (χ1) is 18.7. The fourth-order valence-electron chi connectivity index (χ4n) is 4.77. The standard InChI is InChI=1S/C34H44Br2O2/c1-3-5-7-9-11-19-25-37-33-31(35)29(27-21-15-13-16-22-27)30(28-23-17-14-18-24-28)32(36)34(33)38-26-20-12-10-8-6-4-2/h13-18,21-24H,3-12,19-20,25-26H2,1-2H3. The molecule has 3 rings (SSSR count). The van der Waals surface area contributed by atoms with Crippen LogP contribution in [0.1, 0.15) is 90.9 Å². The van der Waals surface area contributed by atoms with E-state index in [0.29, 0.717) is 13.2 Å². The van der Waals surface area contributed by atoms with Gasteiger partial charge in [0.25, 0.3) is 0 Å². The molecule has 0 fully saturated rings. The van der Waals surface area contributed by atoms with E-state index in [1.807, 2.05) is 0 Å². The Bertz CT molecular complexity index is 981. The van der Waals surface area contributed by atoms with Gasteiger partial charge in [0, 0.05) is 11.1 Å². The van der Waals surface area contributed by atoms with Crippen molar-refractivity contribution >= 4 is 31.9 Å². The highest BCUT2D eigenvalue weighted by molar-refractivity contribution is 9.11. The van der Waals surface area contributed by atoms with Gasteiger partial charge in [0.2, 0.25) is 0 Å². The highest BCUT2D eigenvalue weighted by Gasteiger charge is 2.26. The molecule has 0 heterocycles. The van der Waals surface area contributed by atoms with Gasteiger partial charge >= 0.3 is 0 Å². The largest absolute Gasteiger partial charge is 0.488 e. The third kappa shape index (κ3) is 9.16. The summed E-state index contributed by atoms with van der Waals surface area (Å²) in [6, 6.07) is 21.1. The fraction of sp³-hybridized carbons (Fsp3) is 0.471. The number of halogens is 2. The van der Waals surface area contributed by atoms with Crippen LogP contribution in [0.25, 0.3) is 22.3 Å². The lowest BCUT2D eigenvalue weighted by atomic mass is 9.93. The maximum Gasteiger partial charge on any atom is 0.177 e. The van der Waals surface area contributed by atoms with Crippen LogP contribution in [0.4, 0.5) is 0 Å². The maximum absolute atomic E-state index is 6.52. The number of rotatable bonds is 18. The summed E-state index contributed by atoms with van der Waals surface area (Å²) in [5.41, 5.74) is 4.53. The monoisotopic (exact) mass is 642 g/mol. The van der Waals surface area contributed by atoms with Gasteiger partial charge in [-0.2, -0.15) is 0 Å². The first-order valence-corrected chi connectivity index (χ1v) is 16.2. The molecule has 0 aliphatic heterocycles. The zero-order valence-electron chi connectivity index (χ0n) is 23.2. The summed E-state index contributed by atoms with van der Waals surface area (Å²) in [6.45, 7) is 5.89. The molecule has 0 radical (unpaired) electrons. The van der Waals surface area contributed by atoms with Gasteiger partial charge in [0.15, 0.2) is 11.5 Å². The molecule has 2 nitrogen and oxygen atoms in total. The van der Waals surface area contributed by atoms with E-state index in [1.54, 1.807) is 0 Å². The normalized spacial score (nSPS) is 11.1. The number of ether oxygens (including phenoxy) is 2. The van der Waals surface area contributed by atoms with Crippen LogP contribution in [0.3, 0.4) is 0 Å². The quantitative estimate of drug-likeness (QED) is 0.128. The second-order valence-electron chi connectivity index (χ2n) is 10.0. The molecule has 0 bridgehead atoms. The molecular weight excluding hydrogens is 600 g/mol. The van der Waals surface area contributed by atoms with Crippen LogP contribution in [0.2, 0.25) is 0 Å². The van der Waals surface area contributed by atoms with E-state index < -0.39 is 0 Å². The summed E-state index contributed by atoms with van der Waals surface area (Å²) < 4.78 is 14.9. The Labute approximate surface area is 247 Å². The molecule has 0 aliphatic rings. The molecule has 0 saturated carbocycles. The first-order valence-electron chi connectivity index (χ1n) is 14.6. The van der Waals surface area contributed by atoms with Gasteiger partial charge < -0.3 is 9.47 Å². The Morgan fingerprint density at radius 1 is 0.474 bits per heavy atom. The Balaban J connectivity index is 1.93. The Morgan fingerprint density at radius 3 is 1.18 bits per heavy atom. The maximum atomic E-state index is 6.52. The summed E-state index contributed by atoms with van der Waals surface area (Å²) in [5, 5.41) is 0. The molecule has 0 aromatic heterocycles. The van der Waals surface area contributed by atoms with Gasteiger partial charge in [-0.1, -0.05) is 139 Å². The van der Waals surface area contributed by atoms with E-state index in [9.17, 15) is 0 Å². The average molecular weight is 645 g/mol. The molecular formula is C34H44Br2O2.